The third kappa shape index (κ3) is 4.78. The number of anilines is 2. The Hall–Kier alpha value is -3.75. The van der Waals surface area contributed by atoms with Crippen LogP contribution in [-0.2, 0) is 14.4 Å². The first-order valence-corrected chi connectivity index (χ1v) is 11.4. The minimum Gasteiger partial charge on any atom is -0.342 e. The molecule has 1 atom stereocenters. The Morgan fingerprint density at radius 2 is 1.71 bits per heavy atom. The highest BCUT2D eigenvalue weighted by atomic mass is 16.6. The molecule has 9 heteroatoms. The van der Waals surface area contributed by atoms with Crippen LogP contribution in [0.15, 0.2) is 42.5 Å². The van der Waals surface area contributed by atoms with Gasteiger partial charge in [-0.3, -0.25) is 24.5 Å². The summed E-state index contributed by atoms with van der Waals surface area (Å²) >= 11 is 0. The zero-order valence-corrected chi connectivity index (χ0v) is 19.3. The maximum Gasteiger partial charge on any atom is 0.274 e. The van der Waals surface area contributed by atoms with Crippen molar-refractivity contribution in [2.24, 2.45) is 11.8 Å². The highest BCUT2D eigenvalue weighted by molar-refractivity contribution is 6.00. The minimum absolute atomic E-state index is 0.0380. The van der Waals surface area contributed by atoms with E-state index in [1.165, 1.54) is 6.07 Å². The van der Waals surface area contributed by atoms with Crippen molar-refractivity contribution in [2.75, 3.05) is 29.9 Å². The average molecular weight is 465 g/mol. The summed E-state index contributed by atoms with van der Waals surface area (Å²) in [5.74, 6) is -0.957. The zero-order chi connectivity index (χ0) is 24.4. The standard InChI is InChI=1S/C25H28N4O5/c1-16-6-8-20(9-7-16)28-15-19(14-23(28)30)25(32)27-12-10-18(11-13-27)24(31)26-21-4-3-5-22(17(21)2)29(33)34/h3-9,18-19H,10-15H2,1-2H3,(H,26,31). The number of hydrogen-bond acceptors (Lipinski definition) is 5. The van der Waals surface area contributed by atoms with E-state index in [1.54, 1.807) is 28.9 Å². The molecular formula is C25H28N4O5. The number of likely N-dealkylation sites (tertiary alicyclic amines) is 1. The van der Waals surface area contributed by atoms with Gasteiger partial charge in [-0.05, 0) is 44.9 Å². The van der Waals surface area contributed by atoms with Crippen molar-refractivity contribution < 1.29 is 19.3 Å². The zero-order valence-electron chi connectivity index (χ0n) is 19.3. The number of amides is 3. The molecule has 4 rings (SSSR count). The van der Waals surface area contributed by atoms with Crippen LogP contribution >= 0.6 is 0 Å². The Kier molecular flexibility index (Phi) is 6.63. The Balaban J connectivity index is 1.32. The number of aryl methyl sites for hydroxylation is 1. The normalized spacial score (nSPS) is 18.8. The number of nitro benzene ring substituents is 1. The molecule has 1 N–H and O–H groups in total. The van der Waals surface area contributed by atoms with E-state index >= 15 is 0 Å². The van der Waals surface area contributed by atoms with Gasteiger partial charge < -0.3 is 15.1 Å². The van der Waals surface area contributed by atoms with Gasteiger partial charge in [-0.25, -0.2) is 0 Å². The van der Waals surface area contributed by atoms with Crippen molar-refractivity contribution in [3.8, 4) is 0 Å². The van der Waals surface area contributed by atoms with Crippen LogP contribution in [0.25, 0.3) is 0 Å². The highest BCUT2D eigenvalue weighted by Crippen LogP contribution is 2.29. The summed E-state index contributed by atoms with van der Waals surface area (Å²) in [5, 5.41) is 13.9. The molecule has 0 saturated carbocycles. The fraction of sp³-hybridized carbons (Fsp3) is 0.400. The summed E-state index contributed by atoms with van der Waals surface area (Å²) in [6.07, 6.45) is 1.21. The number of nitrogens with zero attached hydrogens (tertiary/aromatic N) is 3. The van der Waals surface area contributed by atoms with Crippen molar-refractivity contribution in [3.63, 3.8) is 0 Å². The van der Waals surface area contributed by atoms with Crippen LogP contribution < -0.4 is 10.2 Å². The molecule has 1 unspecified atom stereocenters. The van der Waals surface area contributed by atoms with Crippen LogP contribution in [0.5, 0.6) is 0 Å². The van der Waals surface area contributed by atoms with Gasteiger partial charge in [-0.15, -0.1) is 0 Å². The van der Waals surface area contributed by atoms with Gasteiger partial charge in [-0.2, -0.15) is 0 Å². The number of benzene rings is 2. The lowest BCUT2D eigenvalue weighted by molar-refractivity contribution is -0.385. The van der Waals surface area contributed by atoms with E-state index in [-0.39, 0.29) is 41.7 Å². The molecule has 2 aromatic rings. The Labute approximate surface area is 197 Å². The van der Waals surface area contributed by atoms with Crippen LogP contribution in [0.4, 0.5) is 17.1 Å². The molecule has 0 radical (unpaired) electrons. The highest BCUT2D eigenvalue weighted by Gasteiger charge is 2.38. The average Bonchev–Trinajstić information content (AvgIpc) is 3.21. The van der Waals surface area contributed by atoms with Gasteiger partial charge in [0, 0.05) is 43.7 Å². The lowest BCUT2D eigenvalue weighted by Crippen LogP contribution is -2.44. The van der Waals surface area contributed by atoms with Crippen molar-refractivity contribution >= 4 is 34.8 Å². The van der Waals surface area contributed by atoms with E-state index in [9.17, 15) is 24.5 Å². The topological polar surface area (TPSA) is 113 Å². The number of rotatable bonds is 5. The first-order chi connectivity index (χ1) is 16.2. The summed E-state index contributed by atoms with van der Waals surface area (Å²) in [7, 11) is 0. The summed E-state index contributed by atoms with van der Waals surface area (Å²) in [6.45, 7) is 4.85. The summed E-state index contributed by atoms with van der Waals surface area (Å²) in [6, 6.07) is 12.3. The van der Waals surface area contributed by atoms with Crippen molar-refractivity contribution in [3.05, 3.63) is 63.7 Å². The lowest BCUT2D eigenvalue weighted by atomic mass is 9.94. The van der Waals surface area contributed by atoms with E-state index in [0.29, 0.717) is 43.7 Å². The molecule has 2 aliphatic heterocycles. The molecule has 34 heavy (non-hydrogen) atoms. The van der Waals surface area contributed by atoms with E-state index < -0.39 is 4.92 Å². The fourth-order valence-corrected chi connectivity index (χ4v) is 4.66. The number of hydrogen-bond donors (Lipinski definition) is 1. The Morgan fingerprint density at radius 1 is 1.03 bits per heavy atom. The van der Waals surface area contributed by atoms with Gasteiger partial charge in [0.1, 0.15) is 0 Å². The molecule has 9 nitrogen and oxygen atoms in total. The molecule has 178 valence electrons. The monoisotopic (exact) mass is 464 g/mol. The Morgan fingerprint density at radius 3 is 2.35 bits per heavy atom. The first kappa shape index (κ1) is 23.4. The fourth-order valence-electron chi connectivity index (χ4n) is 4.66. The van der Waals surface area contributed by atoms with Gasteiger partial charge in [0.05, 0.1) is 22.1 Å². The number of carbonyl (C=O) groups excluding carboxylic acids is 3. The molecule has 0 aliphatic carbocycles. The largest absolute Gasteiger partial charge is 0.342 e. The second-order valence-corrected chi connectivity index (χ2v) is 9.04. The van der Waals surface area contributed by atoms with Gasteiger partial charge >= 0.3 is 0 Å². The van der Waals surface area contributed by atoms with Crippen molar-refractivity contribution in [2.45, 2.75) is 33.1 Å². The van der Waals surface area contributed by atoms with Gasteiger partial charge in [0.15, 0.2) is 0 Å². The maximum absolute atomic E-state index is 13.1. The first-order valence-electron chi connectivity index (χ1n) is 11.4. The van der Waals surface area contributed by atoms with E-state index in [1.807, 2.05) is 31.2 Å². The summed E-state index contributed by atoms with van der Waals surface area (Å²) in [4.78, 5) is 52.4. The number of nitro groups is 1. The predicted octanol–water partition coefficient (Wildman–Crippen LogP) is 3.44. The predicted molar refractivity (Wildman–Crippen MR) is 127 cm³/mol. The van der Waals surface area contributed by atoms with Gasteiger partial charge in [0.2, 0.25) is 17.7 Å². The molecule has 3 amide bonds. The summed E-state index contributed by atoms with van der Waals surface area (Å²) < 4.78 is 0. The molecule has 2 heterocycles. The molecular weight excluding hydrogens is 436 g/mol. The quantitative estimate of drug-likeness (QED) is 0.538. The van der Waals surface area contributed by atoms with Crippen LogP contribution in [0.3, 0.4) is 0 Å². The molecule has 2 aliphatic rings. The van der Waals surface area contributed by atoms with Crippen molar-refractivity contribution in [1.82, 2.24) is 4.90 Å². The lowest BCUT2D eigenvalue weighted by Gasteiger charge is -2.33. The third-order valence-electron chi connectivity index (χ3n) is 6.76. The van der Waals surface area contributed by atoms with Crippen LogP contribution in [0, 0.1) is 35.8 Å². The molecule has 0 aromatic heterocycles. The molecule has 0 spiro atoms. The van der Waals surface area contributed by atoms with Crippen LogP contribution in [0.1, 0.15) is 30.4 Å². The second kappa shape index (κ2) is 9.62. The van der Waals surface area contributed by atoms with E-state index in [0.717, 1.165) is 11.3 Å². The number of nitrogens with one attached hydrogen (secondary N) is 1. The Bertz CT molecular complexity index is 1120. The summed E-state index contributed by atoms with van der Waals surface area (Å²) in [5.41, 5.74) is 2.72. The van der Waals surface area contributed by atoms with E-state index in [2.05, 4.69) is 5.32 Å². The molecule has 2 aromatic carbocycles. The second-order valence-electron chi connectivity index (χ2n) is 9.04. The van der Waals surface area contributed by atoms with Gasteiger partial charge in [-0.1, -0.05) is 23.8 Å². The van der Waals surface area contributed by atoms with Crippen LogP contribution in [-0.4, -0.2) is 47.2 Å². The SMILES string of the molecule is Cc1ccc(N2CC(C(=O)N3CCC(C(=O)Nc4cccc([N+](=O)[O-])c4C)CC3)CC2=O)cc1. The number of piperidine rings is 1. The maximum atomic E-state index is 13.1. The third-order valence-corrected chi connectivity index (χ3v) is 6.76. The molecule has 2 fully saturated rings. The number of carbonyl (C=O) groups is 3. The molecule has 2 saturated heterocycles. The van der Waals surface area contributed by atoms with E-state index in [4.69, 9.17) is 0 Å². The van der Waals surface area contributed by atoms with Crippen LogP contribution in [0.2, 0.25) is 0 Å². The van der Waals surface area contributed by atoms with Crippen molar-refractivity contribution in [1.29, 1.82) is 0 Å². The molecule has 0 bridgehead atoms. The smallest absolute Gasteiger partial charge is 0.274 e. The van der Waals surface area contributed by atoms with Gasteiger partial charge in [0.25, 0.3) is 5.69 Å². The minimum atomic E-state index is -0.469.